The van der Waals surface area contributed by atoms with Crippen LogP contribution in [0.3, 0.4) is 0 Å². The lowest BCUT2D eigenvalue weighted by atomic mass is 10.1. The van der Waals surface area contributed by atoms with Gasteiger partial charge in [0, 0.05) is 17.8 Å². The summed E-state index contributed by atoms with van der Waals surface area (Å²) in [6.45, 7) is 8.01. The Morgan fingerprint density at radius 1 is 1.33 bits per heavy atom. The summed E-state index contributed by atoms with van der Waals surface area (Å²) < 4.78 is 32.7. The van der Waals surface area contributed by atoms with Crippen LogP contribution in [-0.2, 0) is 14.8 Å². The summed E-state index contributed by atoms with van der Waals surface area (Å²) in [5.74, 6) is 0.720. The van der Waals surface area contributed by atoms with Gasteiger partial charge < -0.3 is 9.84 Å². The van der Waals surface area contributed by atoms with Gasteiger partial charge in [-0.15, -0.1) is 11.3 Å². The molecule has 148 valence electrons. The van der Waals surface area contributed by atoms with Crippen molar-refractivity contribution in [2.24, 2.45) is 5.92 Å². The molecule has 1 amide bonds. The van der Waals surface area contributed by atoms with Crippen LogP contribution in [0, 0.1) is 12.8 Å². The van der Waals surface area contributed by atoms with Crippen molar-refractivity contribution >= 4 is 45.1 Å². The smallest absolute Gasteiger partial charge is 0.250 e. The highest BCUT2D eigenvalue weighted by molar-refractivity contribution is 7.91. The molecule has 2 aromatic heterocycles. The highest BCUT2D eigenvalue weighted by atomic mass is 32.2. The Balaban J connectivity index is 2.11. The van der Waals surface area contributed by atoms with E-state index in [4.69, 9.17) is 4.52 Å². The number of anilines is 1. The Morgan fingerprint density at radius 2 is 2.07 bits per heavy atom. The molecule has 2 aromatic rings. The molecule has 2 N–H and O–H groups in total. The van der Waals surface area contributed by atoms with Crippen LogP contribution in [0.25, 0.3) is 12.2 Å². The maximum Gasteiger partial charge on any atom is 0.250 e. The third-order valence-corrected chi connectivity index (χ3v) is 6.76. The van der Waals surface area contributed by atoms with Crippen LogP contribution in [0.2, 0.25) is 0 Å². The van der Waals surface area contributed by atoms with E-state index < -0.39 is 10.0 Å². The molecule has 0 bridgehead atoms. The maximum atomic E-state index is 12.3. The zero-order chi connectivity index (χ0) is 20.0. The van der Waals surface area contributed by atoms with E-state index >= 15 is 0 Å². The Kier molecular flexibility index (Phi) is 7.34. The second kappa shape index (κ2) is 9.29. The zero-order valence-corrected chi connectivity index (χ0v) is 17.5. The van der Waals surface area contributed by atoms with Gasteiger partial charge in [-0.3, -0.25) is 4.79 Å². The summed E-state index contributed by atoms with van der Waals surface area (Å²) in [7, 11) is -3.50. The summed E-state index contributed by atoms with van der Waals surface area (Å²) in [5.41, 5.74) is 1.11. The van der Waals surface area contributed by atoms with Gasteiger partial charge in [-0.05, 0) is 43.5 Å². The number of hydrogen-bond acceptors (Lipinski definition) is 6. The van der Waals surface area contributed by atoms with E-state index in [0.717, 1.165) is 22.6 Å². The number of thiophene rings is 1. The number of carbonyl (C=O) groups is 1. The van der Waals surface area contributed by atoms with Gasteiger partial charge in [0.15, 0.2) is 5.76 Å². The first-order valence-corrected chi connectivity index (χ1v) is 11.1. The molecule has 0 atom stereocenters. The lowest BCUT2D eigenvalue weighted by Crippen LogP contribution is -2.24. The number of aromatic nitrogens is 1. The van der Waals surface area contributed by atoms with Crippen molar-refractivity contribution in [3.8, 4) is 0 Å². The van der Waals surface area contributed by atoms with Gasteiger partial charge in [0.1, 0.15) is 15.6 Å². The van der Waals surface area contributed by atoms with E-state index in [1.54, 1.807) is 38.1 Å². The Morgan fingerprint density at radius 3 is 2.74 bits per heavy atom. The molecule has 0 unspecified atom stereocenters. The molecule has 0 aromatic carbocycles. The number of nitrogens with zero attached hydrogens (tertiary/aromatic N) is 1. The van der Waals surface area contributed by atoms with Crippen LogP contribution in [-0.4, -0.2) is 26.0 Å². The number of aryl methyl sites for hydroxylation is 1. The molecule has 0 fully saturated rings. The first-order valence-electron chi connectivity index (χ1n) is 8.76. The van der Waals surface area contributed by atoms with Gasteiger partial charge in [-0.2, -0.15) is 0 Å². The van der Waals surface area contributed by atoms with Gasteiger partial charge in [-0.25, -0.2) is 13.1 Å². The monoisotopic (exact) mass is 411 g/mol. The molecule has 0 aliphatic rings. The minimum absolute atomic E-state index is 0.132. The van der Waals surface area contributed by atoms with Crippen LogP contribution in [0.1, 0.15) is 49.9 Å². The predicted molar refractivity (Wildman–Crippen MR) is 108 cm³/mol. The zero-order valence-electron chi connectivity index (χ0n) is 15.9. The third kappa shape index (κ3) is 6.02. The van der Waals surface area contributed by atoms with E-state index in [-0.39, 0.29) is 10.1 Å². The Labute approximate surface area is 163 Å². The molecule has 0 radical (unpaired) electrons. The highest BCUT2D eigenvalue weighted by Gasteiger charge is 2.16. The lowest BCUT2D eigenvalue weighted by molar-refractivity contribution is -0.115. The molecular weight excluding hydrogens is 386 g/mol. The maximum absolute atomic E-state index is 12.3. The molecule has 0 aliphatic carbocycles. The number of rotatable bonds is 9. The molecule has 9 heteroatoms. The largest absolute Gasteiger partial charge is 0.354 e. The molecule has 2 rings (SSSR count). The predicted octanol–water partition coefficient (Wildman–Crippen LogP) is 3.89. The van der Waals surface area contributed by atoms with E-state index in [0.29, 0.717) is 36.0 Å². The van der Waals surface area contributed by atoms with Crippen molar-refractivity contribution in [3.05, 3.63) is 28.5 Å². The lowest BCUT2D eigenvalue weighted by Gasteiger charge is -2.06. The number of sulfonamides is 1. The van der Waals surface area contributed by atoms with Crippen LogP contribution in [0.4, 0.5) is 5.69 Å². The standard InChI is InChI=1S/C18H25N3O4S2/c1-5-16(22)20-18-13(4)21-25-15(18)8-6-14-7-9-17(26-14)27(23,24)19-11-10-12(2)3/h6-9,12,19H,5,10-11H2,1-4H3,(H,20,22). The van der Waals surface area contributed by atoms with E-state index in [1.807, 2.05) is 13.8 Å². The van der Waals surface area contributed by atoms with Crippen LogP contribution in [0.5, 0.6) is 0 Å². The van der Waals surface area contributed by atoms with Crippen LogP contribution < -0.4 is 10.0 Å². The fourth-order valence-corrected chi connectivity index (χ4v) is 4.48. The SMILES string of the molecule is CCC(=O)Nc1c(C)noc1C=Cc1ccc(S(=O)(=O)NCCC(C)C)s1. The van der Waals surface area contributed by atoms with Gasteiger partial charge in [0.25, 0.3) is 0 Å². The molecule has 27 heavy (non-hydrogen) atoms. The van der Waals surface area contributed by atoms with E-state index in [9.17, 15) is 13.2 Å². The quantitative estimate of drug-likeness (QED) is 0.652. The summed E-state index contributed by atoms with van der Waals surface area (Å²) in [6.07, 6.45) is 4.54. The van der Waals surface area contributed by atoms with E-state index in [1.165, 1.54) is 0 Å². The van der Waals surface area contributed by atoms with Crippen molar-refractivity contribution in [1.82, 2.24) is 9.88 Å². The van der Waals surface area contributed by atoms with Crippen LogP contribution >= 0.6 is 11.3 Å². The highest BCUT2D eigenvalue weighted by Crippen LogP contribution is 2.26. The summed E-state index contributed by atoms with van der Waals surface area (Å²) >= 11 is 1.16. The van der Waals surface area contributed by atoms with Crippen molar-refractivity contribution in [2.45, 2.75) is 44.7 Å². The third-order valence-electron chi connectivity index (χ3n) is 3.75. The van der Waals surface area contributed by atoms with Crippen LogP contribution in [0.15, 0.2) is 20.9 Å². The van der Waals surface area contributed by atoms with Crippen molar-refractivity contribution < 1.29 is 17.7 Å². The second-order valence-corrected chi connectivity index (χ2v) is 9.59. The fourth-order valence-electron chi connectivity index (χ4n) is 2.16. The van der Waals surface area contributed by atoms with Gasteiger partial charge in [0.05, 0.1) is 0 Å². The van der Waals surface area contributed by atoms with E-state index in [2.05, 4.69) is 15.2 Å². The molecule has 0 saturated carbocycles. The number of carbonyl (C=O) groups excluding carboxylic acids is 1. The van der Waals surface area contributed by atoms with Gasteiger partial charge in [0.2, 0.25) is 15.9 Å². The average Bonchev–Trinajstić information content (AvgIpc) is 3.21. The van der Waals surface area contributed by atoms with Crippen molar-refractivity contribution in [1.29, 1.82) is 0 Å². The van der Waals surface area contributed by atoms with Gasteiger partial charge >= 0.3 is 0 Å². The molecule has 0 saturated heterocycles. The number of hydrogen-bond donors (Lipinski definition) is 2. The fraction of sp³-hybridized carbons (Fsp3) is 0.444. The first-order chi connectivity index (χ1) is 12.7. The summed E-state index contributed by atoms with van der Waals surface area (Å²) in [4.78, 5) is 12.4. The number of amides is 1. The minimum Gasteiger partial charge on any atom is -0.354 e. The van der Waals surface area contributed by atoms with Crippen molar-refractivity contribution in [3.63, 3.8) is 0 Å². The number of nitrogens with one attached hydrogen (secondary N) is 2. The topological polar surface area (TPSA) is 101 Å². The Bertz CT molecular complexity index is 911. The summed E-state index contributed by atoms with van der Waals surface area (Å²) in [5, 5.41) is 6.62. The molecule has 0 aliphatic heterocycles. The average molecular weight is 412 g/mol. The molecular formula is C18H25N3O4S2. The molecule has 7 nitrogen and oxygen atoms in total. The molecule has 0 spiro atoms. The van der Waals surface area contributed by atoms with Gasteiger partial charge in [-0.1, -0.05) is 25.9 Å². The molecule has 2 heterocycles. The minimum atomic E-state index is -3.50. The van der Waals surface area contributed by atoms with Crippen molar-refractivity contribution in [2.75, 3.05) is 11.9 Å². The second-order valence-electron chi connectivity index (χ2n) is 6.48. The normalized spacial score (nSPS) is 12.2. The Hall–Kier alpha value is -1.97. The summed E-state index contributed by atoms with van der Waals surface area (Å²) in [6, 6.07) is 3.30. The first kappa shape index (κ1) is 21.3.